The van der Waals surface area contributed by atoms with Gasteiger partial charge in [0.05, 0.1) is 24.4 Å². The van der Waals surface area contributed by atoms with Crippen LogP contribution in [0.15, 0.2) is 24.4 Å². The van der Waals surface area contributed by atoms with E-state index in [1.54, 1.807) is 30.3 Å². The number of hydrogen-bond donors (Lipinski definition) is 2. The van der Waals surface area contributed by atoms with Crippen LogP contribution >= 0.6 is 0 Å². The van der Waals surface area contributed by atoms with Crippen LogP contribution in [0, 0.1) is 5.41 Å². The van der Waals surface area contributed by atoms with Gasteiger partial charge in [0, 0.05) is 44.3 Å². The van der Waals surface area contributed by atoms with Gasteiger partial charge >= 0.3 is 0 Å². The first-order valence-corrected chi connectivity index (χ1v) is 15.2. The average molecular weight is 564 g/mol. The molecule has 2 amide bonds. The van der Waals surface area contributed by atoms with Crippen molar-refractivity contribution in [3.05, 3.63) is 30.0 Å². The van der Waals surface area contributed by atoms with E-state index in [1.165, 1.54) is 12.8 Å². The Balaban J connectivity index is 1.38. The van der Waals surface area contributed by atoms with E-state index in [0.717, 1.165) is 63.2 Å². The first kappa shape index (κ1) is 29.1. The Morgan fingerprint density at radius 3 is 2.54 bits per heavy atom. The molecule has 3 heterocycles. The third kappa shape index (κ3) is 5.98. The second-order valence-electron chi connectivity index (χ2n) is 12.0. The monoisotopic (exact) mass is 563 g/mol. The molecule has 3 aliphatic rings. The van der Waals surface area contributed by atoms with Crippen molar-refractivity contribution < 1.29 is 14.3 Å². The minimum atomic E-state index is -0.502. The molecule has 2 aromatic rings. The highest BCUT2D eigenvalue weighted by Gasteiger charge is 2.43. The highest BCUT2D eigenvalue weighted by molar-refractivity contribution is 6.01. The van der Waals surface area contributed by atoms with Gasteiger partial charge in [-0.15, -0.1) is 0 Å². The number of amides is 2. The van der Waals surface area contributed by atoms with Crippen molar-refractivity contribution in [1.29, 1.82) is 0 Å². The minimum Gasteiger partial charge on any atom is -0.495 e. The summed E-state index contributed by atoms with van der Waals surface area (Å²) >= 11 is 0. The molecule has 10 heteroatoms. The van der Waals surface area contributed by atoms with Crippen LogP contribution in [0.4, 0.5) is 23.1 Å². The number of anilines is 4. The Bertz CT molecular complexity index is 1260. The van der Waals surface area contributed by atoms with E-state index in [2.05, 4.69) is 46.2 Å². The van der Waals surface area contributed by atoms with Crippen molar-refractivity contribution in [1.82, 2.24) is 20.2 Å². The fraction of sp³-hybridized carbons (Fsp3) is 0.613. The van der Waals surface area contributed by atoms with Crippen molar-refractivity contribution >= 4 is 35.0 Å². The van der Waals surface area contributed by atoms with Crippen LogP contribution < -0.4 is 25.2 Å². The lowest BCUT2D eigenvalue weighted by atomic mass is 9.85. The molecule has 0 radical (unpaired) electrons. The molecule has 1 aliphatic carbocycles. The van der Waals surface area contributed by atoms with E-state index in [9.17, 15) is 9.59 Å². The number of rotatable bonds is 8. The normalized spacial score (nSPS) is 22.4. The number of carbonyl (C=O) groups excluding carboxylic acids is 2. The molecule has 1 aromatic carbocycles. The Kier molecular flexibility index (Phi) is 8.68. The summed E-state index contributed by atoms with van der Waals surface area (Å²) in [5.74, 6) is 1.75. The molecule has 1 unspecified atom stereocenters. The third-order valence-corrected chi connectivity index (χ3v) is 9.35. The standard InChI is InChI=1S/C31H45N7O3/c1-6-31(3)20-38(23-10-8-9-11-23)27-25(36(4)29(31)40)19-32-30(35-27)34-24-13-12-21(18-26(24)41-5)28(39)33-22-14-16-37(7-2)17-15-22/h12-13,18-19,22-23H,6-11,14-17,20H2,1-5H3,(H,33,39)(H,32,34,35). The minimum absolute atomic E-state index is 0.0926. The molecule has 222 valence electrons. The molecular formula is C31H45N7O3. The molecule has 2 fully saturated rings. The summed E-state index contributed by atoms with van der Waals surface area (Å²) in [6.07, 6.45) is 8.98. The van der Waals surface area contributed by atoms with Crippen LogP contribution in [0.2, 0.25) is 0 Å². The molecule has 1 saturated heterocycles. The fourth-order valence-electron chi connectivity index (χ4n) is 6.41. The Labute approximate surface area is 243 Å². The SMILES string of the molecule is CCN1CCC(NC(=O)c2ccc(Nc3ncc4c(n3)N(C3CCCC3)CC(C)(CC)C(=O)N4C)c(OC)c2)CC1. The molecule has 0 spiro atoms. The van der Waals surface area contributed by atoms with Crippen molar-refractivity contribution in [3.63, 3.8) is 0 Å². The molecule has 41 heavy (non-hydrogen) atoms. The van der Waals surface area contributed by atoms with Crippen molar-refractivity contribution in [2.45, 2.75) is 77.8 Å². The van der Waals surface area contributed by atoms with Gasteiger partial charge in [0.2, 0.25) is 11.9 Å². The van der Waals surface area contributed by atoms with E-state index >= 15 is 0 Å². The van der Waals surface area contributed by atoms with Crippen molar-refractivity contribution in [3.8, 4) is 5.75 Å². The molecule has 0 bridgehead atoms. The maximum Gasteiger partial charge on any atom is 0.251 e. The first-order valence-electron chi connectivity index (χ1n) is 15.2. The van der Waals surface area contributed by atoms with Crippen LogP contribution in [0.1, 0.15) is 76.1 Å². The van der Waals surface area contributed by atoms with E-state index < -0.39 is 5.41 Å². The molecule has 10 nitrogen and oxygen atoms in total. The van der Waals surface area contributed by atoms with Gasteiger partial charge in [0.1, 0.15) is 11.4 Å². The largest absolute Gasteiger partial charge is 0.495 e. The second-order valence-corrected chi connectivity index (χ2v) is 12.0. The average Bonchev–Trinajstić information content (AvgIpc) is 3.52. The Morgan fingerprint density at radius 1 is 1.15 bits per heavy atom. The first-order chi connectivity index (χ1) is 19.8. The van der Waals surface area contributed by atoms with Crippen LogP contribution in [0.3, 0.4) is 0 Å². The number of nitrogens with zero attached hydrogens (tertiary/aromatic N) is 5. The summed E-state index contributed by atoms with van der Waals surface area (Å²) in [6, 6.07) is 5.93. The topological polar surface area (TPSA) is 103 Å². The molecule has 2 aliphatic heterocycles. The quantitative estimate of drug-likeness (QED) is 0.481. The molecule has 1 saturated carbocycles. The molecule has 1 atom stereocenters. The Hall–Kier alpha value is -3.40. The van der Waals surface area contributed by atoms with Crippen LogP contribution in [-0.4, -0.2) is 79.1 Å². The summed E-state index contributed by atoms with van der Waals surface area (Å²) in [6.45, 7) is 10.0. The number of nitrogens with one attached hydrogen (secondary N) is 2. The summed E-state index contributed by atoms with van der Waals surface area (Å²) in [4.78, 5) is 42.6. The maximum absolute atomic E-state index is 13.5. The van der Waals surface area contributed by atoms with Crippen LogP contribution in [0.25, 0.3) is 0 Å². The zero-order valence-corrected chi connectivity index (χ0v) is 25.2. The van der Waals surface area contributed by atoms with Crippen molar-refractivity contribution in [2.24, 2.45) is 5.41 Å². The second kappa shape index (κ2) is 12.2. The lowest BCUT2D eigenvalue weighted by Crippen LogP contribution is -2.46. The summed E-state index contributed by atoms with van der Waals surface area (Å²) in [5, 5.41) is 6.50. The van der Waals surface area contributed by atoms with Gasteiger partial charge in [-0.2, -0.15) is 4.98 Å². The molecule has 5 rings (SSSR count). The molecular weight excluding hydrogens is 518 g/mol. The predicted octanol–water partition coefficient (Wildman–Crippen LogP) is 4.58. The smallest absolute Gasteiger partial charge is 0.251 e. The van der Waals surface area contributed by atoms with Crippen LogP contribution in [-0.2, 0) is 4.79 Å². The molecule has 1 aromatic heterocycles. The maximum atomic E-state index is 13.5. The highest BCUT2D eigenvalue weighted by atomic mass is 16.5. The van der Waals surface area contributed by atoms with Gasteiger partial charge in [0.15, 0.2) is 5.82 Å². The molecule has 2 N–H and O–H groups in total. The van der Waals surface area contributed by atoms with Crippen LogP contribution in [0.5, 0.6) is 5.75 Å². The summed E-state index contributed by atoms with van der Waals surface area (Å²) < 4.78 is 5.67. The number of methoxy groups -OCH3 is 1. The highest BCUT2D eigenvalue weighted by Crippen LogP contribution is 2.42. The van der Waals surface area contributed by atoms with Gasteiger partial charge in [0.25, 0.3) is 5.91 Å². The number of ether oxygens (including phenoxy) is 1. The number of benzene rings is 1. The van der Waals surface area contributed by atoms with E-state index in [-0.39, 0.29) is 17.9 Å². The number of hydrogen-bond acceptors (Lipinski definition) is 8. The lowest BCUT2D eigenvalue weighted by molar-refractivity contribution is -0.126. The fourth-order valence-corrected chi connectivity index (χ4v) is 6.41. The lowest BCUT2D eigenvalue weighted by Gasteiger charge is -2.35. The van der Waals surface area contributed by atoms with Gasteiger partial charge in [-0.1, -0.05) is 26.7 Å². The van der Waals surface area contributed by atoms with Gasteiger partial charge in [-0.3, -0.25) is 9.59 Å². The van der Waals surface area contributed by atoms with E-state index in [4.69, 9.17) is 9.72 Å². The summed E-state index contributed by atoms with van der Waals surface area (Å²) in [7, 11) is 3.41. The van der Waals surface area contributed by atoms with Gasteiger partial charge < -0.3 is 30.1 Å². The number of carbonyl (C=O) groups is 2. The number of aromatic nitrogens is 2. The van der Waals surface area contributed by atoms with Crippen molar-refractivity contribution in [2.75, 3.05) is 55.5 Å². The van der Waals surface area contributed by atoms with Gasteiger partial charge in [-0.25, -0.2) is 4.98 Å². The zero-order chi connectivity index (χ0) is 29.1. The zero-order valence-electron chi connectivity index (χ0n) is 25.2. The number of fused-ring (bicyclic) bond motifs is 1. The number of likely N-dealkylation sites (tertiary alicyclic amines) is 1. The van der Waals surface area contributed by atoms with E-state index in [0.29, 0.717) is 35.5 Å². The summed E-state index contributed by atoms with van der Waals surface area (Å²) in [5.41, 5.74) is 1.45. The number of piperidine rings is 1. The van der Waals surface area contributed by atoms with Gasteiger partial charge in [-0.05, 0) is 63.8 Å². The predicted molar refractivity (Wildman–Crippen MR) is 162 cm³/mol. The Morgan fingerprint density at radius 2 is 1.88 bits per heavy atom. The van der Waals surface area contributed by atoms with E-state index in [1.807, 2.05) is 13.1 Å². The third-order valence-electron chi connectivity index (χ3n) is 9.35.